The quantitative estimate of drug-likeness (QED) is 0.859. The second-order valence-corrected chi connectivity index (χ2v) is 6.20. The van der Waals surface area contributed by atoms with Crippen LogP contribution in [0.4, 0.5) is 5.69 Å². The summed E-state index contributed by atoms with van der Waals surface area (Å²) in [4.78, 5) is 2.39. The van der Waals surface area contributed by atoms with Gasteiger partial charge in [0.05, 0.1) is 6.10 Å². The number of anilines is 1. The third-order valence-electron chi connectivity index (χ3n) is 4.18. The lowest BCUT2D eigenvalue weighted by Crippen LogP contribution is -2.39. The van der Waals surface area contributed by atoms with Crippen molar-refractivity contribution >= 4 is 17.3 Å². The molecule has 1 heterocycles. The lowest BCUT2D eigenvalue weighted by atomic mass is 10.0. The molecule has 1 fully saturated rings. The SMILES string of the molecule is CCCOC1CCCN(c2ccc(C(C)NC)c(Cl)c2)C1. The van der Waals surface area contributed by atoms with E-state index in [4.69, 9.17) is 16.3 Å². The van der Waals surface area contributed by atoms with Crippen molar-refractivity contribution in [3.8, 4) is 0 Å². The predicted molar refractivity (Wildman–Crippen MR) is 90.4 cm³/mol. The third-order valence-corrected chi connectivity index (χ3v) is 4.51. The number of hydrogen-bond donors (Lipinski definition) is 1. The summed E-state index contributed by atoms with van der Waals surface area (Å²) in [6.07, 6.45) is 3.78. The Bertz CT molecular complexity index is 452. The molecule has 0 amide bonds. The van der Waals surface area contributed by atoms with Gasteiger partial charge in [-0.3, -0.25) is 0 Å². The number of ether oxygens (including phenoxy) is 1. The van der Waals surface area contributed by atoms with Gasteiger partial charge in [0.1, 0.15) is 0 Å². The minimum atomic E-state index is 0.272. The van der Waals surface area contributed by atoms with Crippen molar-refractivity contribution in [2.45, 2.75) is 45.3 Å². The van der Waals surface area contributed by atoms with E-state index in [1.54, 1.807) is 0 Å². The Kier molecular flexibility index (Phi) is 6.34. The highest BCUT2D eigenvalue weighted by atomic mass is 35.5. The Morgan fingerprint density at radius 3 is 2.95 bits per heavy atom. The van der Waals surface area contributed by atoms with Crippen molar-refractivity contribution in [1.29, 1.82) is 0 Å². The molecule has 1 aromatic rings. The van der Waals surface area contributed by atoms with Crippen LogP contribution in [0.2, 0.25) is 5.02 Å². The number of hydrogen-bond acceptors (Lipinski definition) is 3. The normalized spacial score (nSPS) is 20.6. The second-order valence-electron chi connectivity index (χ2n) is 5.80. The molecule has 21 heavy (non-hydrogen) atoms. The minimum absolute atomic E-state index is 0.272. The first kappa shape index (κ1) is 16.6. The molecule has 1 aliphatic heterocycles. The fraction of sp³-hybridized carbons (Fsp3) is 0.647. The molecular formula is C17H27ClN2O. The molecule has 0 bridgehead atoms. The van der Waals surface area contributed by atoms with Crippen LogP contribution < -0.4 is 10.2 Å². The Balaban J connectivity index is 2.05. The van der Waals surface area contributed by atoms with Crippen LogP contribution >= 0.6 is 11.6 Å². The summed E-state index contributed by atoms with van der Waals surface area (Å²) in [5.74, 6) is 0. The van der Waals surface area contributed by atoms with Crippen molar-refractivity contribution in [3.63, 3.8) is 0 Å². The minimum Gasteiger partial charge on any atom is -0.376 e. The highest BCUT2D eigenvalue weighted by Gasteiger charge is 2.21. The van der Waals surface area contributed by atoms with Crippen LogP contribution in [0.25, 0.3) is 0 Å². The number of nitrogens with zero attached hydrogens (tertiary/aromatic N) is 1. The highest BCUT2D eigenvalue weighted by molar-refractivity contribution is 6.31. The summed E-state index contributed by atoms with van der Waals surface area (Å²) in [6, 6.07) is 6.67. The maximum Gasteiger partial charge on any atom is 0.0750 e. The molecule has 1 saturated heterocycles. The molecule has 4 heteroatoms. The predicted octanol–water partition coefficient (Wildman–Crippen LogP) is 4.02. The van der Waals surface area contributed by atoms with Crippen molar-refractivity contribution in [2.75, 3.05) is 31.6 Å². The summed E-state index contributed by atoms with van der Waals surface area (Å²) in [5, 5.41) is 4.07. The molecule has 1 aromatic carbocycles. The summed E-state index contributed by atoms with van der Waals surface area (Å²) in [7, 11) is 1.95. The van der Waals surface area contributed by atoms with E-state index < -0.39 is 0 Å². The largest absolute Gasteiger partial charge is 0.376 e. The van der Waals surface area contributed by atoms with Gasteiger partial charge in [0.2, 0.25) is 0 Å². The van der Waals surface area contributed by atoms with Crippen LogP contribution in [0.3, 0.4) is 0 Å². The Morgan fingerprint density at radius 1 is 1.48 bits per heavy atom. The molecule has 1 N–H and O–H groups in total. The van der Waals surface area contributed by atoms with E-state index in [0.717, 1.165) is 36.7 Å². The fourth-order valence-corrected chi connectivity index (χ4v) is 3.15. The zero-order chi connectivity index (χ0) is 15.2. The van der Waals surface area contributed by atoms with Gasteiger partial charge in [-0.15, -0.1) is 0 Å². The summed E-state index contributed by atoms with van der Waals surface area (Å²) < 4.78 is 5.91. The number of piperidine rings is 1. The Labute approximate surface area is 133 Å². The van der Waals surface area contributed by atoms with Crippen molar-refractivity contribution in [3.05, 3.63) is 28.8 Å². The first-order chi connectivity index (χ1) is 10.2. The molecule has 0 aromatic heterocycles. The van der Waals surface area contributed by atoms with E-state index in [2.05, 4.69) is 42.3 Å². The van der Waals surface area contributed by atoms with Crippen LogP contribution in [-0.2, 0) is 4.74 Å². The number of nitrogens with one attached hydrogen (secondary N) is 1. The van der Waals surface area contributed by atoms with Crippen molar-refractivity contribution < 1.29 is 4.74 Å². The number of rotatable bonds is 6. The van der Waals surface area contributed by atoms with Crippen LogP contribution in [0.1, 0.15) is 44.7 Å². The van der Waals surface area contributed by atoms with E-state index in [0.29, 0.717) is 6.10 Å². The van der Waals surface area contributed by atoms with Crippen LogP contribution in [0.15, 0.2) is 18.2 Å². The summed E-state index contributed by atoms with van der Waals surface area (Å²) in [6.45, 7) is 7.19. The second kappa shape index (κ2) is 8.02. The Morgan fingerprint density at radius 2 is 2.29 bits per heavy atom. The van der Waals surface area contributed by atoms with Gasteiger partial charge >= 0.3 is 0 Å². The first-order valence-electron chi connectivity index (χ1n) is 7.99. The average Bonchev–Trinajstić information content (AvgIpc) is 2.52. The van der Waals surface area contributed by atoms with Crippen molar-refractivity contribution in [1.82, 2.24) is 5.32 Å². The van der Waals surface area contributed by atoms with Crippen molar-refractivity contribution in [2.24, 2.45) is 0 Å². The van der Waals surface area contributed by atoms with Gasteiger partial charge in [0.15, 0.2) is 0 Å². The van der Waals surface area contributed by atoms with E-state index in [9.17, 15) is 0 Å². The van der Waals surface area contributed by atoms with Crippen LogP contribution in [0, 0.1) is 0 Å². The smallest absolute Gasteiger partial charge is 0.0750 e. The molecule has 2 unspecified atom stereocenters. The summed E-state index contributed by atoms with van der Waals surface area (Å²) in [5.41, 5.74) is 2.36. The fourth-order valence-electron chi connectivity index (χ4n) is 2.81. The lowest BCUT2D eigenvalue weighted by molar-refractivity contribution is 0.0440. The molecule has 2 rings (SSSR count). The van der Waals surface area contributed by atoms with Crippen LogP contribution in [-0.4, -0.2) is 32.8 Å². The standard InChI is InChI=1S/C17H27ClN2O/c1-4-10-21-15-6-5-9-20(12-15)14-7-8-16(13(2)19-3)17(18)11-14/h7-8,11,13,15,19H,4-6,9-10,12H2,1-3H3. The maximum absolute atomic E-state index is 6.44. The topological polar surface area (TPSA) is 24.5 Å². The number of halogens is 1. The van der Waals surface area contributed by atoms with Crippen LogP contribution in [0.5, 0.6) is 0 Å². The van der Waals surface area contributed by atoms with E-state index in [1.807, 2.05) is 7.05 Å². The maximum atomic E-state index is 6.44. The first-order valence-corrected chi connectivity index (χ1v) is 8.36. The van der Waals surface area contributed by atoms with Gasteiger partial charge in [0, 0.05) is 36.4 Å². The Hall–Kier alpha value is -0.770. The highest BCUT2D eigenvalue weighted by Crippen LogP contribution is 2.29. The van der Waals surface area contributed by atoms with Gasteiger partial charge in [-0.05, 0) is 50.9 Å². The zero-order valence-electron chi connectivity index (χ0n) is 13.4. The van der Waals surface area contributed by atoms with E-state index >= 15 is 0 Å². The van der Waals surface area contributed by atoms with E-state index in [1.165, 1.54) is 18.5 Å². The van der Waals surface area contributed by atoms with Gasteiger partial charge in [-0.1, -0.05) is 24.6 Å². The van der Waals surface area contributed by atoms with Gasteiger partial charge in [-0.25, -0.2) is 0 Å². The van der Waals surface area contributed by atoms with Gasteiger partial charge < -0.3 is 15.0 Å². The molecular weight excluding hydrogens is 284 g/mol. The molecule has 0 saturated carbocycles. The lowest BCUT2D eigenvalue weighted by Gasteiger charge is -2.34. The average molecular weight is 311 g/mol. The molecule has 118 valence electrons. The molecule has 0 radical (unpaired) electrons. The monoisotopic (exact) mass is 310 g/mol. The zero-order valence-corrected chi connectivity index (χ0v) is 14.1. The molecule has 0 aliphatic carbocycles. The van der Waals surface area contributed by atoms with Gasteiger partial charge in [0.25, 0.3) is 0 Å². The number of benzene rings is 1. The third kappa shape index (κ3) is 4.35. The molecule has 0 spiro atoms. The summed E-state index contributed by atoms with van der Waals surface area (Å²) >= 11 is 6.44. The van der Waals surface area contributed by atoms with Gasteiger partial charge in [-0.2, -0.15) is 0 Å². The molecule has 1 aliphatic rings. The molecule has 3 nitrogen and oxygen atoms in total. The van der Waals surface area contributed by atoms with E-state index in [-0.39, 0.29) is 6.04 Å². The molecule has 2 atom stereocenters.